The van der Waals surface area contributed by atoms with Gasteiger partial charge in [-0.2, -0.15) is 0 Å². The zero-order valence-corrected chi connectivity index (χ0v) is 9.38. The molecule has 0 saturated heterocycles. The van der Waals surface area contributed by atoms with Crippen LogP contribution in [-0.4, -0.2) is 0 Å². The van der Waals surface area contributed by atoms with E-state index in [1.165, 1.54) is 0 Å². The van der Waals surface area contributed by atoms with E-state index in [2.05, 4.69) is 0 Å². The Bertz CT molecular complexity index is 5.09. The second kappa shape index (κ2) is 34200. The summed E-state index contributed by atoms with van der Waals surface area (Å²) in [7, 11) is 0. The summed E-state index contributed by atoms with van der Waals surface area (Å²) < 4.78 is 0. The van der Waals surface area contributed by atoms with Crippen molar-refractivity contribution in [2.24, 2.45) is 0 Å². The quantitative estimate of drug-likeness (QED) is 0.308. The Morgan fingerprint density at radius 1 is 0.231 bits per heavy atom. The van der Waals surface area contributed by atoms with Gasteiger partial charge >= 0.3 is 0 Å². The molecule has 0 aromatic heterocycles. The first-order valence-corrected chi connectivity index (χ1v) is 0. The molecule has 100 valence electrons. The number of hydrogen-bond donors (Lipinski definition) is 0. The van der Waals surface area contributed by atoms with Crippen molar-refractivity contribution >= 4 is 0 Å². The molecule has 0 aliphatic carbocycles. The van der Waals surface area contributed by atoms with Crippen molar-refractivity contribution in [3.63, 3.8) is 0 Å². The Labute approximate surface area is 88.0 Å². The second-order valence-corrected chi connectivity index (χ2v) is 0. The van der Waals surface area contributed by atoms with Crippen LogP contribution in [0.4, 0.5) is 28.2 Å². The molecule has 0 atom stereocenters. The van der Waals surface area contributed by atoms with Crippen LogP contribution in [0.25, 0.3) is 0 Å². The van der Waals surface area contributed by atoms with Crippen molar-refractivity contribution in [3.8, 4) is 0 Å². The maximum Gasteiger partial charge on any atom is 0 e. The molecule has 0 spiro atoms. The molecule has 0 unspecified atom stereocenters. The minimum absolute atomic E-state index is 0. The average molecular weight is 472 g/mol. The van der Waals surface area contributed by atoms with Gasteiger partial charge < -0.3 is 28.2 Å². The smallest absolute Gasteiger partial charge is 0 e. The number of hydrogen-bond acceptors (Lipinski definition) is 0. The average Bonchev–Trinajstić information content (AvgIpc) is 0. The molecule has 0 radical (unpaired) electrons. The fourth-order valence-electron chi connectivity index (χ4n) is 0. The van der Waals surface area contributed by atoms with Crippen LogP contribution in [0.5, 0.6) is 0 Å². The molecule has 0 nitrogen and oxygen atoms in total. The first-order valence-electron chi connectivity index (χ1n) is 0. The van der Waals surface area contributed by atoms with Gasteiger partial charge in [0.05, 0.1) is 0 Å². The molecule has 0 saturated carbocycles. The molecule has 0 rings (SSSR count). The summed E-state index contributed by atoms with van der Waals surface area (Å²) in [5.41, 5.74) is 0. The number of rotatable bonds is 0. The summed E-state index contributed by atoms with van der Waals surface area (Å²) >= 11 is 0. The van der Waals surface area contributed by atoms with Gasteiger partial charge in [-0.15, -0.1) is 0 Å². The molecule has 0 aromatic carbocycles. The Balaban J connectivity index is 0. The Kier molecular flexibility index (Phi) is 115000000. The van der Waals surface area contributed by atoms with E-state index >= 15 is 0 Å². The van der Waals surface area contributed by atoms with E-state index in [9.17, 15) is 0 Å². The summed E-state index contributed by atoms with van der Waals surface area (Å²) in [6.45, 7) is 0. The molecule has 0 amide bonds. The second-order valence-electron chi connectivity index (χ2n) is 0. The molecular formula is H6F12U-6. The minimum Gasteiger partial charge on any atom is -1.00 e. The maximum atomic E-state index is 0. The minimum atomic E-state index is 0. The monoisotopic (exact) mass is 472 g/mol. The molecule has 0 aromatic rings. The van der Waals surface area contributed by atoms with Crippen molar-refractivity contribution in [1.29, 1.82) is 0 Å². The molecule has 13 heteroatoms. The van der Waals surface area contributed by atoms with Gasteiger partial charge in [0.1, 0.15) is 0 Å². The fourth-order valence-corrected chi connectivity index (χ4v) is 0. The molecule has 0 heterocycles. The largest absolute Gasteiger partial charge is 1.00 e. The molecule has 0 aliphatic heterocycles. The van der Waals surface area contributed by atoms with Gasteiger partial charge in [0.25, 0.3) is 0 Å². The van der Waals surface area contributed by atoms with E-state index in [0.29, 0.717) is 0 Å². The maximum absolute atomic E-state index is 0. The third-order valence-electron chi connectivity index (χ3n) is 0. The van der Waals surface area contributed by atoms with Gasteiger partial charge in [-0.3, -0.25) is 28.2 Å². The first-order chi connectivity index (χ1) is 0. The van der Waals surface area contributed by atoms with Crippen LogP contribution in [-0.2, 0) is 0 Å². The molecule has 13 heavy (non-hydrogen) atoms. The Morgan fingerprint density at radius 3 is 0.231 bits per heavy atom. The van der Waals surface area contributed by atoms with Crippen LogP contribution < -0.4 is 28.2 Å². The zero-order valence-electron chi connectivity index (χ0n) is 5.22. The van der Waals surface area contributed by atoms with Gasteiger partial charge in [0.15, 0.2) is 0 Å². The van der Waals surface area contributed by atoms with Gasteiger partial charge in [-0.05, 0) is 0 Å². The van der Waals surface area contributed by atoms with Gasteiger partial charge in [-0.1, -0.05) is 0 Å². The van der Waals surface area contributed by atoms with E-state index in [1.807, 2.05) is 0 Å². The Morgan fingerprint density at radius 2 is 0.231 bits per heavy atom. The number of halogens is 12. The van der Waals surface area contributed by atoms with Gasteiger partial charge in [-0.25, -0.2) is 0 Å². The van der Waals surface area contributed by atoms with E-state index in [-0.39, 0.29) is 87.6 Å². The summed E-state index contributed by atoms with van der Waals surface area (Å²) in [6, 6.07) is 0. The third kappa shape index (κ3) is 28300. The summed E-state index contributed by atoms with van der Waals surface area (Å²) in [5, 5.41) is 0. The van der Waals surface area contributed by atoms with E-state index in [1.54, 1.807) is 0 Å². The van der Waals surface area contributed by atoms with Crippen LogP contribution in [0.3, 0.4) is 0 Å². The van der Waals surface area contributed by atoms with Gasteiger partial charge in [0.2, 0.25) is 0 Å². The van der Waals surface area contributed by atoms with E-state index in [4.69, 9.17) is 0 Å². The van der Waals surface area contributed by atoms with Crippen molar-refractivity contribution in [2.45, 2.75) is 0 Å². The molecule has 0 aliphatic rings. The van der Waals surface area contributed by atoms with E-state index < -0.39 is 0 Å². The zero-order chi connectivity index (χ0) is 0. The van der Waals surface area contributed by atoms with Gasteiger partial charge in [0, 0.05) is 31.1 Å². The predicted molar refractivity (Wildman–Crippen MR) is 15.0 cm³/mol. The normalized spacial score (nSPS) is 0. The standard InChI is InChI=1S/12FH.U/h12*1H;/p-6. The van der Waals surface area contributed by atoms with Crippen molar-refractivity contribution in [1.82, 2.24) is 0 Å². The van der Waals surface area contributed by atoms with Crippen LogP contribution in [0, 0.1) is 31.1 Å². The van der Waals surface area contributed by atoms with Crippen molar-refractivity contribution in [3.05, 3.63) is 0 Å². The van der Waals surface area contributed by atoms with Crippen LogP contribution in [0.2, 0.25) is 0 Å². The summed E-state index contributed by atoms with van der Waals surface area (Å²) in [5.74, 6) is 0. The summed E-state index contributed by atoms with van der Waals surface area (Å²) in [4.78, 5) is 0. The van der Waals surface area contributed by atoms with Crippen LogP contribution in [0.1, 0.15) is 0 Å². The van der Waals surface area contributed by atoms with Crippen molar-refractivity contribution in [2.75, 3.05) is 0 Å². The molecule has 0 N–H and O–H groups in total. The summed E-state index contributed by atoms with van der Waals surface area (Å²) in [6.07, 6.45) is 0. The van der Waals surface area contributed by atoms with Crippen LogP contribution in [0.15, 0.2) is 0 Å². The fraction of sp³-hybridized carbons (Fsp3) is 0. The third-order valence-corrected chi connectivity index (χ3v) is 0. The molecule has 0 bridgehead atoms. The topological polar surface area (TPSA) is 0 Å². The van der Waals surface area contributed by atoms with Crippen molar-refractivity contribution < 1.29 is 87.6 Å². The van der Waals surface area contributed by atoms with Crippen LogP contribution >= 0.6 is 0 Å². The SMILES string of the molecule is F.F.F.F.F.F.[F-].[F-].[F-].[F-].[F-].[F-].[U]. The Hall–Kier alpha value is 0.212. The van der Waals surface area contributed by atoms with E-state index in [0.717, 1.165) is 0 Å². The predicted octanol–water partition coefficient (Wildman–Crippen LogP) is -17.1. The molecule has 0 fully saturated rings. The molecular weight excluding hydrogens is 466 g/mol. The first kappa shape index (κ1) is 43900.